The van der Waals surface area contributed by atoms with Gasteiger partial charge in [0.05, 0.1) is 11.3 Å². The Morgan fingerprint density at radius 3 is 2.25 bits per heavy atom. The van der Waals surface area contributed by atoms with Gasteiger partial charge >= 0.3 is 0 Å². The van der Waals surface area contributed by atoms with Gasteiger partial charge in [0.15, 0.2) is 0 Å². The van der Waals surface area contributed by atoms with Crippen molar-refractivity contribution in [3.8, 4) is 0 Å². The Bertz CT molecular complexity index is 609. The summed E-state index contributed by atoms with van der Waals surface area (Å²) in [5, 5.41) is 4.83. The van der Waals surface area contributed by atoms with E-state index in [0.717, 1.165) is 12.3 Å². The summed E-state index contributed by atoms with van der Waals surface area (Å²) < 4.78 is 46.1. The highest BCUT2D eigenvalue weighted by atomic mass is 35.5. The van der Waals surface area contributed by atoms with E-state index in [9.17, 15) is 16.8 Å². The molecule has 90 valence electrons. The van der Waals surface area contributed by atoms with E-state index in [1.807, 2.05) is 0 Å². The molecule has 0 atom stereocenters. The maximum absolute atomic E-state index is 11.1. The van der Waals surface area contributed by atoms with Crippen molar-refractivity contribution in [3.05, 3.63) is 23.2 Å². The minimum Gasteiger partial charge on any atom is -0.284 e. The van der Waals surface area contributed by atoms with Gasteiger partial charge < -0.3 is 0 Å². The third kappa shape index (κ3) is 3.63. The van der Waals surface area contributed by atoms with Crippen LogP contribution in [0.1, 0.15) is 0 Å². The predicted octanol–water partition coefficient (Wildman–Crippen LogP) is 0.359. The first-order valence-corrected chi connectivity index (χ1v) is 7.71. The van der Waals surface area contributed by atoms with Crippen LogP contribution in [0.4, 0.5) is 5.69 Å². The smallest absolute Gasteiger partial charge is 0.239 e. The monoisotopic (exact) mass is 284 g/mol. The lowest BCUT2D eigenvalue weighted by Crippen LogP contribution is -2.14. The van der Waals surface area contributed by atoms with E-state index in [2.05, 4.69) is 4.72 Å². The second kappa shape index (κ2) is 4.21. The summed E-state index contributed by atoms with van der Waals surface area (Å²) in [5.41, 5.74) is 0.0796. The number of sulfonamides is 2. The third-order valence-corrected chi connectivity index (χ3v) is 3.54. The van der Waals surface area contributed by atoms with Crippen LogP contribution in [0.15, 0.2) is 23.1 Å². The Morgan fingerprint density at radius 2 is 1.81 bits per heavy atom. The highest BCUT2D eigenvalue weighted by molar-refractivity contribution is 7.92. The molecule has 0 aliphatic carbocycles. The van der Waals surface area contributed by atoms with Crippen LogP contribution < -0.4 is 9.86 Å². The van der Waals surface area contributed by atoms with Crippen molar-refractivity contribution in [2.45, 2.75) is 4.90 Å². The fraction of sp³-hybridized carbons (Fsp3) is 0.143. The maximum atomic E-state index is 11.1. The molecule has 1 aromatic rings. The van der Waals surface area contributed by atoms with Crippen molar-refractivity contribution in [1.82, 2.24) is 0 Å². The van der Waals surface area contributed by atoms with Crippen LogP contribution >= 0.6 is 11.6 Å². The number of primary sulfonamides is 1. The molecule has 0 amide bonds. The van der Waals surface area contributed by atoms with Gasteiger partial charge in [-0.1, -0.05) is 11.6 Å². The van der Waals surface area contributed by atoms with E-state index in [0.29, 0.717) is 0 Å². The quantitative estimate of drug-likeness (QED) is 0.835. The highest BCUT2D eigenvalue weighted by Crippen LogP contribution is 2.24. The summed E-state index contributed by atoms with van der Waals surface area (Å²) in [6, 6.07) is 3.63. The molecule has 0 radical (unpaired) electrons. The molecule has 1 rings (SSSR count). The van der Waals surface area contributed by atoms with Crippen LogP contribution in [0.5, 0.6) is 0 Å². The van der Waals surface area contributed by atoms with Gasteiger partial charge in [-0.15, -0.1) is 0 Å². The number of halogens is 1. The summed E-state index contributed by atoms with van der Waals surface area (Å²) in [6.45, 7) is 0. The van der Waals surface area contributed by atoms with Gasteiger partial charge in [-0.05, 0) is 18.2 Å². The molecule has 0 saturated heterocycles. The van der Waals surface area contributed by atoms with Gasteiger partial charge in [-0.2, -0.15) is 0 Å². The molecule has 1 aromatic carbocycles. The largest absolute Gasteiger partial charge is 0.284 e. The van der Waals surface area contributed by atoms with E-state index >= 15 is 0 Å². The summed E-state index contributed by atoms with van der Waals surface area (Å²) in [7, 11) is -7.46. The van der Waals surface area contributed by atoms with Crippen molar-refractivity contribution in [2.24, 2.45) is 5.14 Å². The standard InChI is InChI=1S/C7H9ClN2O4S2/c1-15(11,12)10-5-2-3-6(8)7(4-5)16(9,13)14/h2-4,10H,1H3,(H2,9,13,14). The molecule has 9 heteroatoms. The number of benzene rings is 1. The van der Waals surface area contributed by atoms with E-state index in [1.165, 1.54) is 12.1 Å². The van der Waals surface area contributed by atoms with Crippen LogP contribution in [0.3, 0.4) is 0 Å². The zero-order valence-corrected chi connectivity index (χ0v) is 10.5. The SMILES string of the molecule is CS(=O)(=O)Nc1ccc(Cl)c(S(N)(=O)=O)c1. The molecule has 0 fully saturated rings. The number of nitrogens with two attached hydrogens (primary N) is 1. The summed E-state index contributed by atoms with van der Waals surface area (Å²) in [6.07, 6.45) is 0.943. The predicted molar refractivity (Wildman–Crippen MR) is 61.3 cm³/mol. The molecule has 0 unspecified atom stereocenters. The van der Waals surface area contributed by atoms with E-state index in [4.69, 9.17) is 16.7 Å². The molecule has 16 heavy (non-hydrogen) atoms. The molecule has 0 aliphatic rings. The lowest BCUT2D eigenvalue weighted by atomic mass is 10.3. The normalized spacial score (nSPS) is 12.4. The average molecular weight is 285 g/mol. The van der Waals surface area contributed by atoms with Gasteiger partial charge in [0, 0.05) is 5.69 Å². The molecule has 0 aromatic heterocycles. The van der Waals surface area contributed by atoms with E-state index in [-0.39, 0.29) is 15.6 Å². The Kier molecular flexibility index (Phi) is 3.48. The lowest BCUT2D eigenvalue weighted by Gasteiger charge is -2.06. The first kappa shape index (κ1) is 13.2. The molecule has 3 N–H and O–H groups in total. The Hall–Kier alpha value is -0.830. The molecule has 0 bridgehead atoms. The molecular formula is C7H9ClN2O4S2. The Morgan fingerprint density at radius 1 is 1.25 bits per heavy atom. The lowest BCUT2D eigenvalue weighted by molar-refractivity contribution is 0.597. The topological polar surface area (TPSA) is 106 Å². The number of hydrogen-bond donors (Lipinski definition) is 2. The summed E-state index contributed by atoms with van der Waals surface area (Å²) in [5.74, 6) is 0. The fourth-order valence-electron chi connectivity index (χ4n) is 0.999. The first-order valence-electron chi connectivity index (χ1n) is 3.90. The van der Waals surface area contributed by atoms with E-state index < -0.39 is 20.0 Å². The van der Waals surface area contributed by atoms with Gasteiger partial charge in [0.25, 0.3) is 0 Å². The van der Waals surface area contributed by atoms with Crippen LogP contribution in [-0.4, -0.2) is 23.1 Å². The number of nitrogens with one attached hydrogen (secondary N) is 1. The first-order chi connectivity index (χ1) is 7.09. The van der Waals surface area contributed by atoms with Crippen LogP contribution in [-0.2, 0) is 20.0 Å². The third-order valence-electron chi connectivity index (χ3n) is 1.54. The summed E-state index contributed by atoms with van der Waals surface area (Å²) >= 11 is 5.62. The number of hydrogen-bond acceptors (Lipinski definition) is 4. The maximum Gasteiger partial charge on any atom is 0.239 e. The van der Waals surface area contributed by atoms with Gasteiger partial charge in [-0.3, -0.25) is 4.72 Å². The van der Waals surface area contributed by atoms with Crippen molar-refractivity contribution in [1.29, 1.82) is 0 Å². The van der Waals surface area contributed by atoms with Crippen molar-refractivity contribution >= 4 is 37.3 Å². The van der Waals surface area contributed by atoms with Gasteiger partial charge in [-0.25, -0.2) is 22.0 Å². The molecule has 0 aliphatic heterocycles. The second-order valence-corrected chi connectivity index (χ2v) is 6.75. The molecule has 0 spiro atoms. The molecular weight excluding hydrogens is 276 g/mol. The Balaban J connectivity index is 3.29. The van der Waals surface area contributed by atoms with E-state index in [1.54, 1.807) is 0 Å². The fourth-order valence-corrected chi connectivity index (χ4v) is 2.63. The van der Waals surface area contributed by atoms with Crippen molar-refractivity contribution in [3.63, 3.8) is 0 Å². The van der Waals surface area contributed by atoms with Crippen LogP contribution in [0.2, 0.25) is 5.02 Å². The Labute approximate surface area is 98.5 Å². The second-order valence-electron chi connectivity index (χ2n) is 3.06. The minimum atomic E-state index is -3.98. The van der Waals surface area contributed by atoms with Gasteiger partial charge in [0.1, 0.15) is 4.90 Å². The van der Waals surface area contributed by atoms with Crippen molar-refractivity contribution in [2.75, 3.05) is 11.0 Å². The van der Waals surface area contributed by atoms with Crippen LogP contribution in [0, 0.1) is 0 Å². The van der Waals surface area contributed by atoms with Crippen LogP contribution in [0.25, 0.3) is 0 Å². The average Bonchev–Trinajstić information content (AvgIpc) is 2.04. The molecule has 0 saturated carbocycles. The molecule has 0 heterocycles. The zero-order chi connectivity index (χ0) is 12.6. The number of anilines is 1. The zero-order valence-electron chi connectivity index (χ0n) is 8.14. The molecule has 6 nitrogen and oxygen atoms in total. The summed E-state index contributed by atoms with van der Waals surface area (Å²) in [4.78, 5) is -0.331. The van der Waals surface area contributed by atoms with Gasteiger partial charge in [0.2, 0.25) is 20.0 Å². The van der Waals surface area contributed by atoms with Crippen molar-refractivity contribution < 1.29 is 16.8 Å². The minimum absolute atomic E-state index is 0.0680. The highest BCUT2D eigenvalue weighted by Gasteiger charge is 2.14. The number of rotatable bonds is 3.